The molecule has 0 spiro atoms. The molecule has 0 aliphatic rings. The van der Waals surface area contributed by atoms with Crippen LogP contribution in [0.3, 0.4) is 0 Å². The van der Waals surface area contributed by atoms with Gasteiger partial charge < -0.3 is 14.4 Å². The standard InChI is InChI=1S/C17H18N4O3/c1-20(11-16-19-18-15-6-4-5-9-21(15)16)17(22)13-8-7-12(23-2)10-14(13)24-3/h4-10H,11H2,1-3H3. The van der Waals surface area contributed by atoms with E-state index >= 15 is 0 Å². The number of methoxy groups -OCH3 is 2. The molecule has 0 unspecified atom stereocenters. The first-order valence-corrected chi connectivity index (χ1v) is 7.40. The van der Waals surface area contributed by atoms with Gasteiger partial charge >= 0.3 is 0 Å². The Labute approximate surface area is 139 Å². The zero-order valence-electron chi connectivity index (χ0n) is 13.8. The number of carbonyl (C=O) groups is 1. The average molecular weight is 326 g/mol. The van der Waals surface area contributed by atoms with Crippen molar-refractivity contribution in [1.29, 1.82) is 0 Å². The van der Waals surface area contributed by atoms with Crippen LogP contribution >= 0.6 is 0 Å². The Morgan fingerprint density at radius 2 is 2.00 bits per heavy atom. The molecular formula is C17H18N4O3. The Bertz CT molecular complexity index is 875. The van der Waals surface area contributed by atoms with Crippen molar-refractivity contribution in [3.63, 3.8) is 0 Å². The van der Waals surface area contributed by atoms with Crippen molar-refractivity contribution in [3.8, 4) is 11.5 Å². The zero-order valence-corrected chi connectivity index (χ0v) is 13.8. The van der Waals surface area contributed by atoms with E-state index in [1.807, 2.05) is 28.8 Å². The highest BCUT2D eigenvalue weighted by molar-refractivity contribution is 5.97. The van der Waals surface area contributed by atoms with E-state index in [4.69, 9.17) is 9.47 Å². The fourth-order valence-electron chi connectivity index (χ4n) is 2.46. The zero-order chi connectivity index (χ0) is 17.1. The van der Waals surface area contributed by atoms with Crippen LogP contribution in [-0.4, -0.2) is 46.7 Å². The fourth-order valence-corrected chi connectivity index (χ4v) is 2.46. The lowest BCUT2D eigenvalue weighted by Crippen LogP contribution is -2.27. The maximum absolute atomic E-state index is 12.7. The maximum Gasteiger partial charge on any atom is 0.257 e. The van der Waals surface area contributed by atoms with E-state index < -0.39 is 0 Å². The number of fused-ring (bicyclic) bond motifs is 1. The van der Waals surface area contributed by atoms with Gasteiger partial charge in [-0.3, -0.25) is 9.20 Å². The molecule has 0 radical (unpaired) electrons. The third-order valence-corrected chi connectivity index (χ3v) is 3.75. The quantitative estimate of drug-likeness (QED) is 0.717. The van der Waals surface area contributed by atoms with Crippen LogP contribution in [0.2, 0.25) is 0 Å². The molecule has 124 valence electrons. The van der Waals surface area contributed by atoms with Crippen LogP contribution in [-0.2, 0) is 6.54 Å². The van der Waals surface area contributed by atoms with E-state index in [0.29, 0.717) is 29.4 Å². The van der Waals surface area contributed by atoms with Crippen molar-refractivity contribution in [2.75, 3.05) is 21.3 Å². The molecule has 2 aromatic heterocycles. The van der Waals surface area contributed by atoms with Gasteiger partial charge in [-0.25, -0.2) is 0 Å². The summed E-state index contributed by atoms with van der Waals surface area (Å²) in [5.74, 6) is 1.63. The SMILES string of the molecule is COc1ccc(C(=O)N(C)Cc2nnc3ccccn23)c(OC)c1. The predicted octanol–water partition coefficient (Wildman–Crippen LogP) is 2.02. The van der Waals surface area contributed by atoms with Crippen LogP contribution in [0.5, 0.6) is 11.5 Å². The number of pyridine rings is 1. The summed E-state index contributed by atoms with van der Waals surface area (Å²) in [6.45, 7) is 0.333. The van der Waals surface area contributed by atoms with E-state index in [2.05, 4.69) is 10.2 Å². The molecule has 3 aromatic rings. The molecule has 2 heterocycles. The summed E-state index contributed by atoms with van der Waals surface area (Å²) in [6.07, 6.45) is 1.87. The minimum atomic E-state index is -0.165. The van der Waals surface area contributed by atoms with Gasteiger partial charge in [0.2, 0.25) is 0 Å². The minimum absolute atomic E-state index is 0.165. The highest BCUT2D eigenvalue weighted by atomic mass is 16.5. The molecule has 0 N–H and O–H groups in total. The molecule has 24 heavy (non-hydrogen) atoms. The van der Waals surface area contributed by atoms with Crippen molar-refractivity contribution >= 4 is 11.6 Å². The lowest BCUT2D eigenvalue weighted by Gasteiger charge is -2.18. The van der Waals surface area contributed by atoms with E-state index in [1.165, 1.54) is 7.11 Å². The third-order valence-electron chi connectivity index (χ3n) is 3.75. The van der Waals surface area contributed by atoms with Crippen molar-refractivity contribution in [3.05, 3.63) is 54.0 Å². The number of ether oxygens (including phenoxy) is 2. The molecule has 1 amide bonds. The number of aromatic nitrogens is 3. The molecule has 0 fully saturated rings. The van der Waals surface area contributed by atoms with Gasteiger partial charge in [-0.2, -0.15) is 0 Å². The second kappa shape index (κ2) is 6.57. The minimum Gasteiger partial charge on any atom is -0.497 e. The first-order valence-electron chi connectivity index (χ1n) is 7.40. The number of hydrogen-bond acceptors (Lipinski definition) is 5. The van der Waals surface area contributed by atoms with Crippen LogP contribution in [0.4, 0.5) is 0 Å². The van der Waals surface area contributed by atoms with Gasteiger partial charge in [0.1, 0.15) is 11.5 Å². The first-order chi connectivity index (χ1) is 11.6. The van der Waals surface area contributed by atoms with Gasteiger partial charge in [-0.15, -0.1) is 10.2 Å². The first kappa shape index (κ1) is 15.8. The second-order valence-electron chi connectivity index (χ2n) is 5.27. The summed E-state index contributed by atoms with van der Waals surface area (Å²) in [4.78, 5) is 14.3. The van der Waals surface area contributed by atoms with Crippen molar-refractivity contribution in [2.45, 2.75) is 6.54 Å². The van der Waals surface area contributed by atoms with E-state index in [0.717, 1.165) is 5.65 Å². The van der Waals surface area contributed by atoms with Crippen LogP contribution in [0.1, 0.15) is 16.2 Å². The molecule has 0 saturated heterocycles. The van der Waals surface area contributed by atoms with Crippen LogP contribution in [0, 0.1) is 0 Å². The third kappa shape index (κ3) is 2.88. The Morgan fingerprint density at radius 1 is 1.17 bits per heavy atom. The highest BCUT2D eigenvalue weighted by Crippen LogP contribution is 2.25. The molecular weight excluding hydrogens is 308 g/mol. The van der Waals surface area contributed by atoms with E-state index in [-0.39, 0.29) is 5.91 Å². The van der Waals surface area contributed by atoms with Crippen LogP contribution in [0.15, 0.2) is 42.6 Å². The number of rotatable bonds is 5. The van der Waals surface area contributed by atoms with Gasteiger partial charge in [0.15, 0.2) is 11.5 Å². The van der Waals surface area contributed by atoms with E-state index in [9.17, 15) is 4.79 Å². The Hall–Kier alpha value is -3.09. The molecule has 0 aliphatic carbocycles. The monoisotopic (exact) mass is 326 g/mol. The van der Waals surface area contributed by atoms with Gasteiger partial charge in [0.25, 0.3) is 5.91 Å². The average Bonchev–Trinajstić information content (AvgIpc) is 3.03. The lowest BCUT2D eigenvalue weighted by molar-refractivity contribution is 0.0777. The molecule has 0 atom stereocenters. The molecule has 0 aliphatic heterocycles. The summed E-state index contributed by atoms with van der Waals surface area (Å²) < 4.78 is 12.3. The lowest BCUT2D eigenvalue weighted by atomic mass is 10.1. The van der Waals surface area contributed by atoms with Crippen LogP contribution < -0.4 is 9.47 Å². The Balaban J connectivity index is 1.85. The Morgan fingerprint density at radius 3 is 2.75 bits per heavy atom. The van der Waals surface area contributed by atoms with Gasteiger partial charge in [-0.05, 0) is 24.3 Å². The normalized spacial score (nSPS) is 10.6. The number of benzene rings is 1. The topological polar surface area (TPSA) is 69.0 Å². The maximum atomic E-state index is 12.7. The van der Waals surface area contributed by atoms with Crippen molar-refractivity contribution in [1.82, 2.24) is 19.5 Å². The Kier molecular flexibility index (Phi) is 4.33. The summed E-state index contributed by atoms with van der Waals surface area (Å²) in [5, 5.41) is 8.24. The summed E-state index contributed by atoms with van der Waals surface area (Å²) >= 11 is 0. The van der Waals surface area contributed by atoms with Crippen molar-refractivity contribution < 1.29 is 14.3 Å². The van der Waals surface area contributed by atoms with Gasteiger partial charge in [0.05, 0.1) is 26.3 Å². The van der Waals surface area contributed by atoms with Gasteiger partial charge in [0, 0.05) is 19.3 Å². The number of amides is 1. The second-order valence-corrected chi connectivity index (χ2v) is 5.27. The predicted molar refractivity (Wildman–Crippen MR) is 88.3 cm³/mol. The van der Waals surface area contributed by atoms with Crippen LogP contribution in [0.25, 0.3) is 5.65 Å². The molecule has 7 heteroatoms. The largest absolute Gasteiger partial charge is 0.497 e. The van der Waals surface area contributed by atoms with E-state index in [1.54, 1.807) is 37.3 Å². The molecule has 1 aromatic carbocycles. The molecule has 0 saturated carbocycles. The fraction of sp³-hybridized carbons (Fsp3) is 0.235. The molecule has 3 rings (SSSR count). The smallest absolute Gasteiger partial charge is 0.257 e. The summed E-state index contributed by atoms with van der Waals surface area (Å²) in [6, 6.07) is 10.8. The molecule has 0 bridgehead atoms. The summed E-state index contributed by atoms with van der Waals surface area (Å²) in [5.41, 5.74) is 1.21. The van der Waals surface area contributed by atoms with Crippen molar-refractivity contribution in [2.24, 2.45) is 0 Å². The van der Waals surface area contributed by atoms with Gasteiger partial charge in [-0.1, -0.05) is 6.07 Å². The number of hydrogen-bond donors (Lipinski definition) is 0. The number of carbonyl (C=O) groups excluding carboxylic acids is 1. The summed E-state index contributed by atoms with van der Waals surface area (Å²) in [7, 11) is 4.81. The number of nitrogens with zero attached hydrogens (tertiary/aromatic N) is 4. The highest BCUT2D eigenvalue weighted by Gasteiger charge is 2.19. The molecule has 7 nitrogen and oxygen atoms in total.